The minimum Gasteiger partial charge on any atom is -0.423 e. The fourth-order valence-corrected chi connectivity index (χ4v) is 4.55. The van der Waals surface area contributed by atoms with Gasteiger partial charge in [-0.05, 0) is 63.4 Å². The van der Waals surface area contributed by atoms with Gasteiger partial charge in [0.05, 0.1) is 0 Å². The smallest absolute Gasteiger partial charge is 0.423 e. The summed E-state index contributed by atoms with van der Waals surface area (Å²) in [5.41, 5.74) is 3.17. The van der Waals surface area contributed by atoms with E-state index in [2.05, 4.69) is 35.0 Å². The van der Waals surface area contributed by atoms with Crippen LogP contribution in [-0.4, -0.2) is 6.16 Å². The molecular weight excluding hydrogens is 356 g/mol. The Morgan fingerprint density at radius 1 is 0.926 bits per heavy atom. The highest BCUT2D eigenvalue weighted by atomic mass is 32.2. The van der Waals surface area contributed by atoms with Crippen LogP contribution in [0.1, 0.15) is 36.1 Å². The third-order valence-corrected chi connectivity index (χ3v) is 6.22. The monoisotopic (exact) mass is 381 g/mol. The Kier molecular flexibility index (Phi) is 5.38. The van der Waals surface area contributed by atoms with Gasteiger partial charge in [-0.1, -0.05) is 29.8 Å². The second kappa shape index (κ2) is 7.57. The zero-order chi connectivity index (χ0) is 19.6. The van der Waals surface area contributed by atoms with Crippen LogP contribution < -0.4 is 4.74 Å². The molecule has 3 aromatic rings. The summed E-state index contributed by atoms with van der Waals surface area (Å²) in [6.45, 7) is 9.66. The Morgan fingerprint density at radius 3 is 2.04 bits per heavy atom. The summed E-state index contributed by atoms with van der Waals surface area (Å²) in [6.07, 6.45) is -0.692. The third kappa shape index (κ3) is 4.40. The van der Waals surface area contributed by atoms with Gasteiger partial charge < -0.3 is 9.47 Å². The van der Waals surface area contributed by atoms with Crippen LogP contribution in [-0.2, 0) is 10.3 Å². The summed E-state index contributed by atoms with van der Waals surface area (Å²) in [6, 6.07) is 16.2. The highest BCUT2D eigenvalue weighted by Crippen LogP contribution is 2.36. The van der Waals surface area contributed by atoms with Crippen molar-refractivity contribution in [3.8, 4) is 10.6 Å². The Labute approximate surface area is 163 Å². The molecule has 0 saturated carbocycles. The molecule has 140 valence electrons. The number of rotatable bonds is 4. The molecule has 0 N–H and O–H groups in total. The molecule has 3 nitrogen and oxygen atoms in total. The minimum atomic E-state index is -0.770. The molecule has 0 amide bonds. The number of thiophene rings is 1. The van der Waals surface area contributed by atoms with Crippen molar-refractivity contribution in [3.63, 3.8) is 0 Å². The number of aryl methyl sites for hydroxylation is 3. The summed E-state index contributed by atoms with van der Waals surface area (Å²) in [5, 5.41) is 4.35. The molecule has 27 heavy (non-hydrogen) atoms. The topological polar surface area (TPSA) is 35.5 Å². The van der Waals surface area contributed by atoms with Gasteiger partial charge in [-0.2, -0.15) is 0 Å². The third-order valence-electron chi connectivity index (χ3n) is 4.54. The number of benzene rings is 2. The molecule has 0 saturated heterocycles. The zero-order valence-corrected chi connectivity index (χ0v) is 17.2. The molecule has 4 heteroatoms. The van der Waals surface area contributed by atoms with E-state index in [1.54, 1.807) is 0 Å². The minimum absolute atomic E-state index is 0.00782. The summed E-state index contributed by atoms with van der Waals surface area (Å²) < 4.78 is 11.2. The maximum Gasteiger partial charge on any atom is 0.514 e. The lowest BCUT2D eigenvalue weighted by Gasteiger charge is -2.25. The Balaban J connectivity index is 1.77. The molecule has 0 unspecified atom stereocenters. The molecule has 2 aromatic carbocycles. The van der Waals surface area contributed by atoms with E-state index in [0.29, 0.717) is 5.75 Å². The Morgan fingerprint density at radius 2 is 1.48 bits per heavy atom. The number of hydrogen-bond donors (Lipinski definition) is 0. The van der Waals surface area contributed by atoms with E-state index in [1.165, 1.54) is 4.90 Å². The molecule has 0 aliphatic heterocycles. The maximum atomic E-state index is 12.4. The zero-order valence-electron chi connectivity index (χ0n) is 16.4. The van der Waals surface area contributed by atoms with Crippen molar-refractivity contribution in [1.29, 1.82) is 0 Å². The first-order valence-electron chi connectivity index (χ1n) is 8.92. The second-order valence-electron chi connectivity index (χ2n) is 7.25. The number of carbonyl (C=O) groups excluding carboxylic acids is 1. The quantitative estimate of drug-likeness (QED) is 0.283. The van der Waals surface area contributed by atoms with Crippen LogP contribution in [0.15, 0.2) is 59.3 Å². The largest absolute Gasteiger partial charge is 0.514 e. The van der Waals surface area contributed by atoms with E-state index in [4.69, 9.17) is 9.47 Å². The van der Waals surface area contributed by atoms with Crippen molar-refractivity contribution in [3.05, 3.63) is 81.5 Å². The van der Waals surface area contributed by atoms with E-state index in [0.717, 1.165) is 22.3 Å². The van der Waals surface area contributed by atoms with Crippen LogP contribution in [0, 0.1) is 20.8 Å². The van der Waals surface area contributed by atoms with Gasteiger partial charge in [0, 0.05) is 22.6 Å². The molecule has 3 rings (SSSR count). The maximum absolute atomic E-state index is 12.4. The first-order valence-corrected chi connectivity index (χ1v) is 10.3. The number of carbonyl (C=O) groups is 1. The van der Waals surface area contributed by atoms with Gasteiger partial charge in [0.25, 0.3) is 0 Å². The highest BCUT2D eigenvalue weighted by Gasteiger charge is 2.27. The predicted molar refractivity (Wildman–Crippen MR) is 111 cm³/mol. The fourth-order valence-electron chi connectivity index (χ4n) is 3.00. The van der Waals surface area contributed by atoms with Crippen LogP contribution in [0.4, 0.5) is 4.79 Å². The molecule has 0 spiro atoms. The lowest BCUT2D eigenvalue weighted by Crippen LogP contribution is -2.27. The highest BCUT2D eigenvalue weighted by molar-refractivity contribution is 7.36. The molecule has 0 atom stereocenters. The molecule has 0 bridgehead atoms. The van der Waals surface area contributed by atoms with Crippen molar-refractivity contribution in [2.24, 2.45) is 0 Å². The summed E-state index contributed by atoms with van der Waals surface area (Å²) in [4.78, 5) is 13.7. The Hall–Kier alpha value is -2.59. The SMILES string of the molecule is Cc1ccc(C(C)(C)OC(=O)Oc2c(C)cc(-[s+]3cccc3)cc2C)cc1. The van der Waals surface area contributed by atoms with Crippen molar-refractivity contribution in [1.82, 2.24) is 0 Å². The van der Waals surface area contributed by atoms with Gasteiger partial charge in [-0.25, -0.2) is 4.79 Å². The predicted octanol–water partition coefficient (Wildman–Crippen LogP) is 6.80. The van der Waals surface area contributed by atoms with Crippen molar-refractivity contribution >= 4 is 16.6 Å². The van der Waals surface area contributed by atoms with Crippen LogP contribution >= 0.6 is 10.5 Å². The summed E-state index contributed by atoms with van der Waals surface area (Å²) in [5.74, 6) is 0.569. The van der Waals surface area contributed by atoms with Crippen molar-refractivity contribution in [2.45, 2.75) is 40.2 Å². The van der Waals surface area contributed by atoms with E-state index in [1.807, 2.05) is 58.9 Å². The van der Waals surface area contributed by atoms with Gasteiger partial charge in [0.15, 0.2) is 4.90 Å². The molecular formula is C23H25O3S+. The number of ether oxygens (including phenoxy) is 2. The standard InChI is InChI=1S/C23H25O3S/c1-16-8-10-19(11-9-16)23(4,5)26-22(24)25-21-17(2)14-20(15-18(21)3)27-12-6-7-13-27/h6-15H,1-5H3/q+1. The van der Waals surface area contributed by atoms with Gasteiger partial charge in [-0.3, -0.25) is 0 Å². The normalized spacial score (nSPS) is 11.3. The van der Waals surface area contributed by atoms with Gasteiger partial charge >= 0.3 is 6.16 Å². The lowest BCUT2D eigenvalue weighted by molar-refractivity contribution is 0.00610. The molecule has 1 aromatic heterocycles. The van der Waals surface area contributed by atoms with Gasteiger partial charge in [0.2, 0.25) is 0 Å². The van der Waals surface area contributed by atoms with E-state index < -0.39 is 11.8 Å². The lowest BCUT2D eigenvalue weighted by atomic mass is 9.97. The summed E-state index contributed by atoms with van der Waals surface area (Å²) in [7, 11) is -0.00782. The molecule has 1 heterocycles. The first-order chi connectivity index (χ1) is 12.8. The Bertz CT molecular complexity index is 915. The molecule has 0 radical (unpaired) electrons. The van der Waals surface area contributed by atoms with E-state index in [9.17, 15) is 4.79 Å². The van der Waals surface area contributed by atoms with E-state index >= 15 is 0 Å². The van der Waals surface area contributed by atoms with Crippen molar-refractivity contribution in [2.75, 3.05) is 0 Å². The number of hydrogen-bond acceptors (Lipinski definition) is 3. The van der Waals surface area contributed by atoms with Crippen LogP contribution in [0.3, 0.4) is 0 Å². The van der Waals surface area contributed by atoms with Crippen LogP contribution in [0.5, 0.6) is 5.75 Å². The first kappa shape index (κ1) is 19.2. The fraction of sp³-hybridized carbons (Fsp3) is 0.261. The van der Waals surface area contributed by atoms with Gasteiger partial charge in [0.1, 0.15) is 22.1 Å². The molecule has 0 aliphatic carbocycles. The molecule has 0 aliphatic rings. The average molecular weight is 382 g/mol. The van der Waals surface area contributed by atoms with Crippen LogP contribution in [0.25, 0.3) is 4.90 Å². The average Bonchev–Trinajstić information content (AvgIpc) is 3.12. The molecule has 0 fully saturated rings. The van der Waals surface area contributed by atoms with E-state index in [-0.39, 0.29) is 10.5 Å². The second-order valence-corrected chi connectivity index (χ2v) is 9.00. The van der Waals surface area contributed by atoms with Crippen molar-refractivity contribution < 1.29 is 14.3 Å². The summed E-state index contributed by atoms with van der Waals surface area (Å²) >= 11 is 0. The van der Waals surface area contributed by atoms with Gasteiger partial charge in [-0.15, -0.1) is 0 Å². The van der Waals surface area contributed by atoms with Crippen LogP contribution in [0.2, 0.25) is 0 Å².